The minimum atomic E-state index is -0.00858. The summed E-state index contributed by atoms with van der Waals surface area (Å²) in [6.07, 6.45) is 3.43. The predicted molar refractivity (Wildman–Crippen MR) is 78.2 cm³/mol. The fourth-order valence-corrected chi connectivity index (χ4v) is 2.60. The van der Waals surface area contributed by atoms with E-state index in [0.29, 0.717) is 5.02 Å². The molecule has 1 aromatic carbocycles. The van der Waals surface area contributed by atoms with Crippen LogP contribution in [-0.2, 0) is 0 Å². The van der Waals surface area contributed by atoms with Crippen molar-refractivity contribution in [3.05, 3.63) is 69.4 Å². The van der Waals surface area contributed by atoms with Crippen LogP contribution in [0.4, 0.5) is 0 Å². The van der Waals surface area contributed by atoms with Crippen molar-refractivity contribution in [2.24, 2.45) is 0 Å². The molecule has 0 aliphatic rings. The van der Waals surface area contributed by atoms with Crippen molar-refractivity contribution in [1.82, 2.24) is 9.55 Å². The van der Waals surface area contributed by atoms with E-state index in [-0.39, 0.29) is 5.43 Å². The van der Waals surface area contributed by atoms with Crippen LogP contribution in [0.15, 0.2) is 59.0 Å². The average Bonchev–Trinajstić information content (AvgIpc) is 2.90. The van der Waals surface area contributed by atoms with Crippen molar-refractivity contribution in [3.63, 3.8) is 0 Å². The molecule has 0 unspecified atom stereocenters. The van der Waals surface area contributed by atoms with Gasteiger partial charge in [0, 0.05) is 40.5 Å². The van der Waals surface area contributed by atoms with Gasteiger partial charge in [0.1, 0.15) is 0 Å². The molecule has 5 heteroatoms. The summed E-state index contributed by atoms with van der Waals surface area (Å²) < 4.78 is 1.82. The van der Waals surface area contributed by atoms with Crippen molar-refractivity contribution in [1.29, 1.82) is 0 Å². The number of rotatable bonds is 2. The van der Waals surface area contributed by atoms with Gasteiger partial charge in [-0.3, -0.25) is 9.36 Å². The van der Waals surface area contributed by atoms with Gasteiger partial charge in [0.15, 0.2) is 10.6 Å². The highest BCUT2D eigenvalue weighted by atomic mass is 35.5. The Hall–Kier alpha value is -1.91. The molecule has 0 N–H and O–H groups in total. The number of benzene rings is 1. The summed E-state index contributed by atoms with van der Waals surface area (Å²) in [4.78, 5) is 15.6. The molecular weight excluding hydrogens is 280 g/mol. The van der Waals surface area contributed by atoms with Crippen molar-refractivity contribution in [2.75, 3.05) is 0 Å². The standard InChI is InChI=1S/C14H9ClN2OS/c15-11-3-1-10(2-4-11)13-9-19-14(16-13)17-7-5-12(18)6-8-17/h1-9H. The SMILES string of the molecule is O=c1ccn(-c2nc(-c3ccc(Cl)cc3)cs2)cc1. The molecule has 2 heterocycles. The highest BCUT2D eigenvalue weighted by Crippen LogP contribution is 2.24. The van der Waals surface area contributed by atoms with Gasteiger partial charge < -0.3 is 0 Å². The molecule has 3 nitrogen and oxygen atoms in total. The number of nitrogens with zero attached hydrogens (tertiary/aromatic N) is 2. The fourth-order valence-electron chi connectivity index (χ4n) is 1.68. The van der Waals surface area contributed by atoms with E-state index in [1.807, 2.05) is 34.2 Å². The Morgan fingerprint density at radius 1 is 1.05 bits per heavy atom. The average molecular weight is 289 g/mol. The van der Waals surface area contributed by atoms with Crippen LogP contribution < -0.4 is 5.43 Å². The molecule has 2 aromatic heterocycles. The quantitative estimate of drug-likeness (QED) is 0.722. The highest BCUT2D eigenvalue weighted by Gasteiger charge is 2.05. The first-order valence-electron chi connectivity index (χ1n) is 5.62. The van der Waals surface area contributed by atoms with Gasteiger partial charge >= 0.3 is 0 Å². The lowest BCUT2D eigenvalue weighted by atomic mass is 10.2. The Kier molecular flexibility index (Phi) is 3.19. The van der Waals surface area contributed by atoms with E-state index in [0.717, 1.165) is 16.4 Å². The first-order valence-corrected chi connectivity index (χ1v) is 6.88. The summed E-state index contributed by atoms with van der Waals surface area (Å²) in [5.41, 5.74) is 1.91. The molecule has 0 atom stereocenters. The lowest BCUT2D eigenvalue weighted by molar-refractivity contribution is 1.02. The number of hydrogen-bond acceptors (Lipinski definition) is 3. The second-order valence-corrected chi connectivity index (χ2v) is 5.24. The third kappa shape index (κ3) is 2.59. The first-order chi connectivity index (χ1) is 9.22. The fraction of sp³-hybridized carbons (Fsp3) is 0. The van der Waals surface area contributed by atoms with Crippen LogP contribution in [0.5, 0.6) is 0 Å². The molecule has 0 fully saturated rings. The molecule has 0 bridgehead atoms. The molecule has 94 valence electrons. The molecular formula is C14H9ClN2OS. The second kappa shape index (κ2) is 4.99. The van der Waals surface area contributed by atoms with E-state index in [9.17, 15) is 4.79 Å². The van der Waals surface area contributed by atoms with Crippen molar-refractivity contribution in [3.8, 4) is 16.4 Å². The summed E-state index contributed by atoms with van der Waals surface area (Å²) in [6, 6.07) is 10.6. The van der Waals surface area contributed by atoms with E-state index in [2.05, 4.69) is 4.98 Å². The van der Waals surface area contributed by atoms with Crippen LogP contribution in [0.3, 0.4) is 0 Å². The third-order valence-electron chi connectivity index (χ3n) is 2.65. The van der Waals surface area contributed by atoms with Gasteiger partial charge in [-0.15, -0.1) is 11.3 Å². The molecule has 3 rings (SSSR count). The molecule has 0 amide bonds. The lowest BCUT2D eigenvalue weighted by Crippen LogP contribution is -2.01. The molecule has 3 aromatic rings. The Bertz CT molecular complexity index is 741. The molecule has 0 aliphatic heterocycles. The first kappa shape index (κ1) is 12.1. The zero-order chi connectivity index (χ0) is 13.2. The summed E-state index contributed by atoms with van der Waals surface area (Å²) in [6.45, 7) is 0. The van der Waals surface area contributed by atoms with Crippen molar-refractivity contribution < 1.29 is 0 Å². The number of pyridine rings is 1. The summed E-state index contributed by atoms with van der Waals surface area (Å²) in [5.74, 6) is 0. The van der Waals surface area contributed by atoms with Crippen LogP contribution in [0.1, 0.15) is 0 Å². The van der Waals surface area contributed by atoms with E-state index in [4.69, 9.17) is 11.6 Å². The summed E-state index contributed by atoms with van der Waals surface area (Å²) in [5, 5.41) is 3.51. The van der Waals surface area contributed by atoms with E-state index < -0.39 is 0 Å². The number of hydrogen-bond donors (Lipinski definition) is 0. The zero-order valence-corrected chi connectivity index (χ0v) is 11.4. The molecule has 0 radical (unpaired) electrons. The predicted octanol–water partition coefficient (Wildman–Crippen LogP) is 3.61. The monoisotopic (exact) mass is 288 g/mol. The smallest absolute Gasteiger partial charge is 0.194 e. The molecule has 0 saturated heterocycles. The van der Waals surface area contributed by atoms with Gasteiger partial charge in [-0.25, -0.2) is 4.98 Å². The molecule has 19 heavy (non-hydrogen) atoms. The highest BCUT2D eigenvalue weighted by molar-refractivity contribution is 7.12. The minimum absolute atomic E-state index is 0.00858. The molecule has 0 aliphatic carbocycles. The van der Waals surface area contributed by atoms with E-state index in [1.165, 1.54) is 23.5 Å². The van der Waals surface area contributed by atoms with Gasteiger partial charge in [-0.1, -0.05) is 23.7 Å². The van der Waals surface area contributed by atoms with Crippen molar-refractivity contribution >= 4 is 22.9 Å². The van der Waals surface area contributed by atoms with Crippen LogP contribution in [0, 0.1) is 0 Å². The number of halogens is 1. The maximum Gasteiger partial charge on any atom is 0.194 e. The summed E-state index contributed by atoms with van der Waals surface area (Å²) in [7, 11) is 0. The van der Waals surface area contributed by atoms with Crippen LogP contribution in [0.2, 0.25) is 5.02 Å². The number of thiazole rings is 1. The van der Waals surface area contributed by atoms with Crippen molar-refractivity contribution in [2.45, 2.75) is 0 Å². The van der Waals surface area contributed by atoms with Crippen LogP contribution >= 0.6 is 22.9 Å². The molecule has 0 saturated carbocycles. The van der Waals surface area contributed by atoms with Gasteiger partial charge in [0.05, 0.1) is 5.69 Å². The number of aromatic nitrogens is 2. The molecule has 0 spiro atoms. The Labute approximate surface area is 118 Å². The van der Waals surface area contributed by atoms with E-state index >= 15 is 0 Å². The van der Waals surface area contributed by atoms with Gasteiger partial charge in [-0.05, 0) is 12.1 Å². The Balaban J connectivity index is 1.97. The summed E-state index contributed by atoms with van der Waals surface area (Å²) >= 11 is 7.39. The van der Waals surface area contributed by atoms with Crippen LogP contribution in [0.25, 0.3) is 16.4 Å². The topological polar surface area (TPSA) is 34.9 Å². The maximum absolute atomic E-state index is 11.1. The lowest BCUT2D eigenvalue weighted by Gasteiger charge is -1.99. The normalized spacial score (nSPS) is 10.6. The van der Waals surface area contributed by atoms with Crippen LogP contribution in [-0.4, -0.2) is 9.55 Å². The minimum Gasteiger partial charge on any atom is -0.300 e. The Morgan fingerprint density at radius 2 is 1.74 bits per heavy atom. The van der Waals surface area contributed by atoms with Gasteiger partial charge in [0.25, 0.3) is 0 Å². The zero-order valence-electron chi connectivity index (χ0n) is 9.79. The van der Waals surface area contributed by atoms with Gasteiger partial charge in [0.2, 0.25) is 0 Å². The third-order valence-corrected chi connectivity index (χ3v) is 3.76. The van der Waals surface area contributed by atoms with E-state index in [1.54, 1.807) is 12.4 Å². The maximum atomic E-state index is 11.1. The van der Waals surface area contributed by atoms with Gasteiger partial charge in [-0.2, -0.15) is 0 Å². The second-order valence-electron chi connectivity index (χ2n) is 3.96. The largest absolute Gasteiger partial charge is 0.300 e. The Morgan fingerprint density at radius 3 is 2.42 bits per heavy atom.